The highest BCUT2D eigenvalue weighted by molar-refractivity contribution is 5.84. The topological polar surface area (TPSA) is 76.5 Å². The fourth-order valence-electron chi connectivity index (χ4n) is 3.64. The molecule has 5 nitrogen and oxygen atoms in total. The van der Waals surface area contributed by atoms with E-state index in [9.17, 15) is 14.7 Å². The molecule has 0 spiro atoms. The van der Waals surface area contributed by atoms with Crippen LogP contribution < -0.4 is 0 Å². The molecule has 156 valence electrons. The minimum absolute atomic E-state index is 0.0640. The van der Waals surface area contributed by atoms with E-state index in [1.54, 1.807) is 12.4 Å². The summed E-state index contributed by atoms with van der Waals surface area (Å²) < 4.78 is 4.83. The highest BCUT2D eigenvalue weighted by Gasteiger charge is 2.25. The molecule has 1 aromatic carbocycles. The molecule has 0 fully saturated rings. The summed E-state index contributed by atoms with van der Waals surface area (Å²) in [7, 11) is 1.33. The lowest BCUT2D eigenvalue weighted by molar-refractivity contribution is -0.141. The zero-order chi connectivity index (χ0) is 21.6. The second-order valence-electron chi connectivity index (χ2n) is 8.07. The number of aliphatic hydroxyl groups is 1. The lowest BCUT2D eigenvalue weighted by atomic mass is 9.87. The van der Waals surface area contributed by atoms with Crippen LogP contribution in [0.5, 0.6) is 0 Å². The van der Waals surface area contributed by atoms with Crippen molar-refractivity contribution in [2.75, 3.05) is 7.11 Å². The highest BCUT2D eigenvalue weighted by Crippen LogP contribution is 2.31. The summed E-state index contributed by atoms with van der Waals surface area (Å²) in [6.45, 7) is 8.01. The van der Waals surface area contributed by atoms with Crippen LogP contribution in [0.15, 0.2) is 36.7 Å². The number of methoxy groups -OCH3 is 1. The van der Waals surface area contributed by atoms with Gasteiger partial charge in [-0.1, -0.05) is 32.0 Å². The monoisotopic (exact) mass is 397 g/mol. The summed E-state index contributed by atoms with van der Waals surface area (Å²) in [6, 6.07) is 8.10. The summed E-state index contributed by atoms with van der Waals surface area (Å²) >= 11 is 0. The van der Waals surface area contributed by atoms with E-state index in [1.165, 1.54) is 7.11 Å². The van der Waals surface area contributed by atoms with Crippen molar-refractivity contribution < 1.29 is 19.4 Å². The molecule has 0 radical (unpaired) electrons. The lowest BCUT2D eigenvalue weighted by Gasteiger charge is -2.19. The average Bonchev–Trinajstić information content (AvgIpc) is 2.66. The second kappa shape index (κ2) is 10.3. The smallest absolute Gasteiger partial charge is 0.306 e. The fraction of sp³-hybridized carbons (Fsp3) is 0.458. The molecule has 1 aromatic heterocycles. The molecule has 1 N–H and O–H groups in total. The molecule has 0 saturated heterocycles. The molecule has 5 heteroatoms. The van der Waals surface area contributed by atoms with Gasteiger partial charge in [0.1, 0.15) is 6.10 Å². The van der Waals surface area contributed by atoms with Crippen LogP contribution in [-0.4, -0.2) is 35.1 Å². The number of benzene rings is 1. The number of pyridine rings is 1. The predicted molar refractivity (Wildman–Crippen MR) is 114 cm³/mol. The number of hydrogen-bond acceptors (Lipinski definition) is 5. The maximum Gasteiger partial charge on any atom is 0.306 e. The van der Waals surface area contributed by atoms with E-state index in [1.807, 2.05) is 52.0 Å². The number of carbonyl (C=O) groups is 2. The molecule has 1 heterocycles. The van der Waals surface area contributed by atoms with Gasteiger partial charge in [0.25, 0.3) is 0 Å². The van der Waals surface area contributed by atoms with Crippen molar-refractivity contribution in [3.8, 4) is 11.1 Å². The summed E-state index contributed by atoms with van der Waals surface area (Å²) in [6.07, 6.45) is 3.00. The number of Topliss-reactive ketones (excluding diaryl/α,β-unsaturated/α-hetero) is 1. The van der Waals surface area contributed by atoms with Crippen molar-refractivity contribution >= 4 is 11.8 Å². The van der Waals surface area contributed by atoms with Crippen molar-refractivity contribution in [3.05, 3.63) is 53.3 Å². The Labute approximate surface area is 173 Å². The third-order valence-electron chi connectivity index (χ3n) is 5.16. The fourth-order valence-corrected chi connectivity index (χ4v) is 3.64. The van der Waals surface area contributed by atoms with Crippen LogP contribution in [0, 0.1) is 19.8 Å². The van der Waals surface area contributed by atoms with Gasteiger partial charge in [0.2, 0.25) is 0 Å². The first kappa shape index (κ1) is 22.8. The van der Waals surface area contributed by atoms with Gasteiger partial charge in [-0.05, 0) is 54.5 Å². The molecule has 2 aromatic rings. The summed E-state index contributed by atoms with van der Waals surface area (Å²) in [5, 5.41) is 10.2. The zero-order valence-electron chi connectivity index (χ0n) is 17.9. The Hall–Kier alpha value is -2.53. The second-order valence-corrected chi connectivity index (χ2v) is 8.07. The number of aliphatic hydroxyl groups excluding tert-OH is 1. The van der Waals surface area contributed by atoms with Gasteiger partial charge in [0, 0.05) is 30.3 Å². The molecule has 0 bridgehead atoms. The molecule has 0 unspecified atom stereocenters. The summed E-state index contributed by atoms with van der Waals surface area (Å²) in [5.74, 6) is -0.834. The van der Waals surface area contributed by atoms with Gasteiger partial charge >= 0.3 is 5.97 Å². The van der Waals surface area contributed by atoms with Crippen LogP contribution in [-0.2, 0) is 14.3 Å². The number of aryl methyl sites for hydroxylation is 2. The van der Waals surface area contributed by atoms with Crippen molar-refractivity contribution in [1.82, 2.24) is 4.98 Å². The first-order valence-corrected chi connectivity index (χ1v) is 10.0. The average molecular weight is 398 g/mol. The SMILES string of the molecule is COC(=O)C[C@H](CC(=O)[C@H](O)CC(C)C)c1cncc(-c2c(C)cccc2C)c1. The minimum atomic E-state index is -1.02. The van der Waals surface area contributed by atoms with Crippen molar-refractivity contribution in [2.24, 2.45) is 5.92 Å². The van der Waals surface area contributed by atoms with Gasteiger partial charge in [-0.15, -0.1) is 0 Å². The van der Waals surface area contributed by atoms with Crippen LogP contribution in [0.25, 0.3) is 11.1 Å². The van der Waals surface area contributed by atoms with Crippen LogP contribution >= 0.6 is 0 Å². The van der Waals surface area contributed by atoms with Crippen molar-refractivity contribution in [1.29, 1.82) is 0 Å². The van der Waals surface area contributed by atoms with Crippen LogP contribution in [0.3, 0.4) is 0 Å². The van der Waals surface area contributed by atoms with Crippen molar-refractivity contribution in [2.45, 2.75) is 59.0 Å². The van der Waals surface area contributed by atoms with E-state index in [0.717, 1.165) is 27.8 Å². The molecule has 0 aliphatic carbocycles. The third kappa shape index (κ3) is 6.23. The lowest BCUT2D eigenvalue weighted by Crippen LogP contribution is -2.25. The summed E-state index contributed by atoms with van der Waals surface area (Å²) in [5.41, 5.74) is 5.11. The third-order valence-corrected chi connectivity index (χ3v) is 5.16. The van der Waals surface area contributed by atoms with Gasteiger partial charge in [-0.2, -0.15) is 0 Å². The molecular formula is C24H31NO4. The molecule has 0 aliphatic heterocycles. The number of carbonyl (C=O) groups excluding carboxylic acids is 2. The van der Waals surface area contributed by atoms with Gasteiger partial charge in [0.15, 0.2) is 5.78 Å². The number of ketones is 1. The largest absolute Gasteiger partial charge is 0.469 e. The Balaban J connectivity index is 2.36. The van der Waals surface area contributed by atoms with E-state index in [-0.39, 0.29) is 24.5 Å². The molecule has 0 aliphatic rings. The number of ether oxygens (including phenoxy) is 1. The van der Waals surface area contributed by atoms with E-state index in [0.29, 0.717) is 6.42 Å². The van der Waals surface area contributed by atoms with E-state index < -0.39 is 18.0 Å². The van der Waals surface area contributed by atoms with Crippen LogP contribution in [0.1, 0.15) is 55.7 Å². The normalized spacial score (nSPS) is 13.2. The Morgan fingerprint density at radius 2 is 1.76 bits per heavy atom. The van der Waals surface area contributed by atoms with Gasteiger partial charge < -0.3 is 9.84 Å². The molecular weight excluding hydrogens is 366 g/mol. The first-order chi connectivity index (χ1) is 13.7. The molecule has 2 atom stereocenters. The first-order valence-electron chi connectivity index (χ1n) is 10.0. The van der Waals surface area contributed by atoms with E-state index in [4.69, 9.17) is 4.74 Å². The van der Waals surface area contributed by atoms with Gasteiger partial charge in [0.05, 0.1) is 13.5 Å². The van der Waals surface area contributed by atoms with Gasteiger partial charge in [-0.25, -0.2) is 0 Å². The Morgan fingerprint density at radius 3 is 2.34 bits per heavy atom. The van der Waals surface area contributed by atoms with E-state index >= 15 is 0 Å². The highest BCUT2D eigenvalue weighted by atomic mass is 16.5. The zero-order valence-corrected chi connectivity index (χ0v) is 17.9. The van der Waals surface area contributed by atoms with Crippen LogP contribution in [0.2, 0.25) is 0 Å². The maximum atomic E-state index is 12.6. The number of esters is 1. The van der Waals surface area contributed by atoms with Crippen LogP contribution in [0.4, 0.5) is 0 Å². The van der Waals surface area contributed by atoms with E-state index in [2.05, 4.69) is 4.98 Å². The predicted octanol–water partition coefficient (Wildman–Crippen LogP) is 4.38. The molecule has 0 amide bonds. The molecule has 0 saturated carbocycles. The number of aromatic nitrogens is 1. The van der Waals surface area contributed by atoms with Crippen molar-refractivity contribution in [3.63, 3.8) is 0 Å². The van der Waals surface area contributed by atoms with Gasteiger partial charge in [-0.3, -0.25) is 14.6 Å². The molecule has 2 rings (SSSR count). The maximum absolute atomic E-state index is 12.6. The standard InChI is InChI=1S/C24H31NO4/c1-15(2)9-21(26)22(27)11-18(12-23(28)29-5)19-10-20(14-25-13-19)24-16(3)7-6-8-17(24)4/h6-8,10,13-15,18,21,26H,9,11-12H2,1-5H3/t18-,21+/m0/s1. The number of hydrogen-bond donors (Lipinski definition) is 1. The quantitative estimate of drug-likeness (QED) is 0.636. The Bertz CT molecular complexity index is 839. The Kier molecular flexibility index (Phi) is 8.09. The number of rotatable bonds is 9. The molecule has 29 heavy (non-hydrogen) atoms. The summed E-state index contributed by atoms with van der Waals surface area (Å²) in [4.78, 5) is 28.9. The Morgan fingerprint density at radius 1 is 1.10 bits per heavy atom. The number of nitrogens with zero attached hydrogens (tertiary/aromatic N) is 1. The minimum Gasteiger partial charge on any atom is -0.469 e.